The number of ether oxygens (including phenoxy) is 1. The summed E-state index contributed by atoms with van der Waals surface area (Å²) in [5.74, 6) is 0.872. The third-order valence-corrected chi connectivity index (χ3v) is 3.72. The Morgan fingerprint density at radius 1 is 1.19 bits per heavy atom. The predicted molar refractivity (Wildman–Crippen MR) is 86.3 cm³/mol. The van der Waals surface area contributed by atoms with Gasteiger partial charge in [0.15, 0.2) is 0 Å². The highest BCUT2D eigenvalue weighted by atomic mass is 16.5. The monoisotopic (exact) mass is 282 g/mol. The Labute approximate surface area is 126 Å². The molecule has 21 heavy (non-hydrogen) atoms. The minimum atomic E-state index is -0.349. The molecule has 0 aromatic heterocycles. The van der Waals surface area contributed by atoms with Gasteiger partial charge in [-0.1, -0.05) is 18.2 Å². The number of hydrogen-bond donors (Lipinski definition) is 1. The van der Waals surface area contributed by atoms with Gasteiger partial charge < -0.3 is 10.1 Å². The normalized spacial score (nSPS) is 12.9. The second kappa shape index (κ2) is 6.15. The van der Waals surface area contributed by atoms with Crippen LogP contribution in [0.25, 0.3) is 10.8 Å². The van der Waals surface area contributed by atoms with Crippen molar-refractivity contribution in [2.24, 2.45) is 5.41 Å². The van der Waals surface area contributed by atoms with Crippen LogP contribution in [0.1, 0.15) is 32.4 Å². The molecule has 0 aliphatic carbocycles. The third-order valence-electron chi connectivity index (χ3n) is 3.72. The minimum absolute atomic E-state index is 0.212. The first-order valence-electron chi connectivity index (χ1n) is 7.17. The minimum Gasteiger partial charge on any atom is -0.497 e. The lowest BCUT2D eigenvalue weighted by Gasteiger charge is -2.21. The Bertz CT molecular complexity index is 670. The molecular weight excluding hydrogens is 260 g/mol. The van der Waals surface area contributed by atoms with Crippen molar-refractivity contribution < 1.29 is 4.74 Å². The van der Waals surface area contributed by atoms with Crippen molar-refractivity contribution >= 4 is 10.8 Å². The fourth-order valence-electron chi connectivity index (χ4n) is 2.20. The second-order valence-corrected chi connectivity index (χ2v) is 6.07. The summed E-state index contributed by atoms with van der Waals surface area (Å²) in [5, 5.41) is 14.9. The van der Waals surface area contributed by atoms with Crippen molar-refractivity contribution in [1.29, 1.82) is 5.26 Å². The van der Waals surface area contributed by atoms with Crippen molar-refractivity contribution in [2.75, 3.05) is 13.7 Å². The Balaban J connectivity index is 2.17. The van der Waals surface area contributed by atoms with Crippen LogP contribution in [-0.2, 0) is 0 Å². The molecule has 0 saturated carbocycles. The largest absolute Gasteiger partial charge is 0.497 e. The molecule has 1 unspecified atom stereocenters. The van der Waals surface area contributed by atoms with Crippen molar-refractivity contribution in [3.8, 4) is 11.8 Å². The van der Waals surface area contributed by atoms with Gasteiger partial charge in [-0.2, -0.15) is 5.26 Å². The maximum absolute atomic E-state index is 9.07. The molecule has 0 fully saturated rings. The van der Waals surface area contributed by atoms with E-state index in [4.69, 9.17) is 10.00 Å². The standard InChI is InChI=1S/C18H22N2O/c1-13(20-12-18(2,3)11-19)14-5-6-16-10-17(21-4)8-7-15(16)9-14/h5-10,13,20H,12H2,1-4H3. The van der Waals surface area contributed by atoms with Gasteiger partial charge in [0.2, 0.25) is 0 Å². The van der Waals surface area contributed by atoms with E-state index in [0.29, 0.717) is 6.54 Å². The molecule has 0 aliphatic heterocycles. The number of methoxy groups -OCH3 is 1. The molecule has 2 aromatic carbocycles. The van der Waals surface area contributed by atoms with Crippen molar-refractivity contribution in [3.63, 3.8) is 0 Å². The van der Waals surface area contributed by atoms with E-state index in [1.807, 2.05) is 26.0 Å². The van der Waals surface area contributed by atoms with Crippen LogP contribution in [0.3, 0.4) is 0 Å². The molecule has 110 valence electrons. The fourth-order valence-corrected chi connectivity index (χ4v) is 2.20. The molecule has 3 nitrogen and oxygen atoms in total. The first-order chi connectivity index (χ1) is 9.95. The number of benzene rings is 2. The summed E-state index contributed by atoms with van der Waals surface area (Å²) in [4.78, 5) is 0. The van der Waals surface area contributed by atoms with Gasteiger partial charge in [-0.15, -0.1) is 0 Å². The Morgan fingerprint density at radius 2 is 1.86 bits per heavy atom. The Kier molecular flexibility index (Phi) is 4.50. The molecule has 3 heteroatoms. The van der Waals surface area contributed by atoms with Crippen LogP contribution in [0.5, 0.6) is 5.75 Å². The lowest BCUT2D eigenvalue weighted by molar-refractivity contribution is 0.415. The van der Waals surface area contributed by atoms with Gasteiger partial charge in [0.05, 0.1) is 18.6 Å². The van der Waals surface area contributed by atoms with Crippen molar-refractivity contribution in [3.05, 3.63) is 42.0 Å². The molecule has 0 spiro atoms. The molecule has 1 atom stereocenters. The van der Waals surface area contributed by atoms with E-state index in [0.717, 1.165) is 5.75 Å². The van der Waals surface area contributed by atoms with Crippen LogP contribution in [0.2, 0.25) is 0 Å². The second-order valence-electron chi connectivity index (χ2n) is 6.07. The van der Waals surface area contributed by atoms with E-state index < -0.39 is 0 Å². The SMILES string of the molecule is COc1ccc2cc(C(C)NCC(C)(C)C#N)ccc2c1. The number of rotatable bonds is 5. The number of nitrogens with zero attached hydrogens (tertiary/aromatic N) is 1. The summed E-state index contributed by atoms with van der Waals surface area (Å²) in [5.41, 5.74) is 0.875. The highest BCUT2D eigenvalue weighted by Crippen LogP contribution is 2.24. The highest BCUT2D eigenvalue weighted by Gasteiger charge is 2.17. The maximum Gasteiger partial charge on any atom is 0.119 e. The molecule has 0 radical (unpaired) electrons. The Hall–Kier alpha value is -2.05. The topological polar surface area (TPSA) is 45.0 Å². The highest BCUT2D eigenvalue weighted by molar-refractivity contribution is 5.84. The summed E-state index contributed by atoms with van der Waals surface area (Å²) >= 11 is 0. The van der Waals surface area contributed by atoms with Crippen LogP contribution in [-0.4, -0.2) is 13.7 Å². The maximum atomic E-state index is 9.07. The van der Waals surface area contributed by atoms with Gasteiger partial charge in [-0.3, -0.25) is 0 Å². The number of nitrogens with one attached hydrogen (secondary N) is 1. The fraction of sp³-hybridized carbons (Fsp3) is 0.389. The van der Waals surface area contributed by atoms with E-state index in [2.05, 4.69) is 42.6 Å². The van der Waals surface area contributed by atoms with Gasteiger partial charge in [-0.05, 0) is 55.3 Å². The summed E-state index contributed by atoms with van der Waals surface area (Å²) in [6.45, 7) is 6.68. The average Bonchev–Trinajstić information content (AvgIpc) is 2.51. The van der Waals surface area contributed by atoms with Crippen molar-refractivity contribution in [1.82, 2.24) is 5.32 Å². The van der Waals surface area contributed by atoms with Gasteiger partial charge in [0, 0.05) is 12.6 Å². The van der Waals surface area contributed by atoms with E-state index in [-0.39, 0.29) is 11.5 Å². The predicted octanol–water partition coefficient (Wildman–Crippen LogP) is 4.05. The molecule has 0 saturated heterocycles. The average molecular weight is 282 g/mol. The molecule has 1 N–H and O–H groups in total. The van der Waals surface area contributed by atoms with Crippen molar-refractivity contribution in [2.45, 2.75) is 26.8 Å². The first-order valence-corrected chi connectivity index (χ1v) is 7.17. The van der Waals surface area contributed by atoms with Crippen LogP contribution in [0.15, 0.2) is 36.4 Å². The molecule has 2 aromatic rings. The number of fused-ring (bicyclic) bond motifs is 1. The third kappa shape index (κ3) is 3.74. The molecule has 0 amide bonds. The number of nitriles is 1. The summed E-state index contributed by atoms with van der Waals surface area (Å²) < 4.78 is 5.25. The zero-order valence-corrected chi connectivity index (χ0v) is 13.1. The number of hydrogen-bond acceptors (Lipinski definition) is 3. The van der Waals surface area contributed by atoms with E-state index in [9.17, 15) is 0 Å². The van der Waals surface area contributed by atoms with E-state index in [1.165, 1.54) is 16.3 Å². The molecule has 0 heterocycles. The lowest BCUT2D eigenvalue weighted by atomic mass is 9.95. The zero-order valence-electron chi connectivity index (χ0n) is 13.1. The molecule has 0 bridgehead atoms. The lowest BCUT2D eigenvalue weighted by Crippen LogP contribution is -2.30. The van der Waals surface area contributed by atoms with Crippen LogP contribution < -0.4 is 10.1 Å². The van der Waals surface area contributed by atoms with Gasteiger partial charge in [-0.25, -0.2) is 0 Å². The quantitative estimate of drug-likeness (QED) is 0.900. The summed E-state index contributed by atoms with van der Waals surface area (Å²) in [6, 6.07) is 15.0. The van der Waals surface area contributed by atoms with Gasteiger partial charge in [0.1, 0.15) is 5.75 Å². The first kappa shape index (κ1) is 15.3. The zero-order chi connectivity index (χ0) is 15.5. The summed E-state index contributed by atoms with van der Waals surface area (Å²) in [6.07, 6.45) is 0. The van der Waals surface area contributed by atoms with Crippen LogP contribution in [0, 0.1) is 16.7 Å². The summed E-state index contributed by atoms with van der Waals surface area (Å²) in [7, 11) is 1.68. The van der Waals surface area contributed by atoms with Crippen LogP contribution >= 0.6 is 0 Å². The van der Waals surface area contributed by atoms with Gasteiger partial charge in [0.25, 0.3) is 0 Å². The molecule has 0 aliphatic rings. The van der Waals surface area contributed by atoms with E-state index in [1.54, 1.807) is 7.11 Å². The molecule has 2 rings (SSSR count). The van der Waals surface area contributed by atoms with Gasteiger partial charge >= 0.3 is 0 Å². The van der Waals surface area contributed by atoms with E-state index >= 15 is 0 Å². The van der Waals surface area contributed by atoms with Crippen LogP contribution in [0.4, 0.5) is 0 Å². The Morgan fingerprint density at radius 3 is 2.52 bits per heavy atom. The smallest absolute Gasteiger partial charge is 0.119 e. The molecular formula is C18H22N2O.